The summed E-state index contributed by atoms with van der Waals surface area (Å²) in [5.74, 6) is 0.191. The third-order valence-electron chi connectivity index (χ3n) is 3.98. The molecule has 0 saturated heterocycles. The van der Waals surface area contributed by atoms with Crippen LogP contribution < -0.4 is 5.73 Å². The molecule has 1 atom stereocenters. The number of hydrogen-bond donors (Lipinski definition) is 1. The zero-order valence-electron chi connectivity index (χ0n) is 12.2. The predicted octanol–water partition coefficient (Wildman–Crippen LogP) is 2.87. The van der Waals surface area contributed by atoms with Crippen molar-refractivity contribution in [3.8, 4) is 0 Å². The first kappa shape index (κ1) is 14.8. The van der Waals surface area contributed by atoms with Gasteiger partial charge in [-0.05, 0) is 23.3 Å². The lowest BCUT2D eigenvalue weighted by molar-refractivity contribution is -0.128. The first-order chi connectivity index (χ1) is 10.5. The lowest BCUT2D eigenvalue weighted by atomic mass is 9.79. The molecular formula is C17H16BrN3O. The summed E-state index contributed by atoms with van der Waals surface area (Å²) >= 11 is 3.49. The maximum atomic E-state index is 12.4. The van der Waals surface area contributed by atoms with Gasteiger partial charge < -0.3 is 5.73 Å². The number of nitrogens with two attached hydrogens (primary N) is 1. The fraction of sp³-hybridized carbons (Fsp3) is 0.176. The summed E-state index contributed by atoms with van der Waals surface area (Å²) in [7, 11) is 1.65. The van der Waals surface area contributed by atoms with E-state index < -0.39 is 5.54 Å². The van der Waals surface area contributed by atoms with Crippen LogP contribution in [-0.2, 0) is 10.3 Å². The standard InChI is InChI=1S/C17H16BrN3O/c1-21-15(22)11-17(20-16(21)19,12-6-3-2-4-7-12)13-8-5-9-14(18)10-13/h2-10H,11H2,1H3,(H2,19,20)/t17-/m1/s1. The van der Waals surface area contributed by atoms with Gasteiger partial charge >= 0.3 is 0 Å². The molecule has 0 bridgehead atoms. The van der Waals surface area contributed by atoms with E-state index in [0.29, 0.717) is 0 Å². The maximum Gasteiger partial charge on any atom is 0.232 e. The number of amides is 1. The van der Waals surface area contributed by atoms with Crippen molar-refractivity contribution < 1.29 is 4.79 Å². The Bertz CT molecular complexity index is 745. The molecule has 3 rings (SSSR count). The third-order valence-corrected chi connectivity index (χ3v) is 4.48. The van der Waals surface area contributed by atoms with Gasteiger partial charge in [-0.15, -0.1) is 0 Å². The van der Waals surface area contributed by atoms with Crippen LogP contribution in [0.1, 0.15) is 17.5 Å². The number of benzene rings is 2. The second-order valence-electron chi connectivity index (χ2n) is 5.34. The van der Waals surface area contributed by atoms with Crippen LogP contribution >= 0.6 is 15.9 Å². The zero-order chi connectivity index (χ0) is 15.7. The molecule has 1 heterocycles. The highest BCUT2D eigenvalue weighted by Crippen LogP contribution is 2.40. The van der Waals surface area contributed by atoms with Gasteiger partial charge in [-0.1, -0.05) is 58.4 Å². The van der Waals surface area contributed by atoms with E-state index in [-0.39, 0.29) is 18.3 Å². The van der Waals surface area contributed by atoms with Crippen LogP contribution in [0.15, 0.2) is 64.1 Å². The lowest BCUT2D eigenvalue weighted by Gasteiger charge is -2.37. The van der Waals surface area contributed by atoms with Crippen LogP contribution in [0.5, 0.6) is 0 Å². The molecule has 4 nitrogen and oxygen atoms in total. The van der Waals surface area contributed by atoms with Gasteiger partial charge in [0, 0.05) is 11.5 Å². The number of nitrogens with zero attached hydrogens (tertiary/aromatic N) is 2. The van der Waals surface area contributed by atoms with Crippen molar-refractivity contribution in [2.45, 2.75) is 12.0 Å². The van der Waals surface area contributed by atoms with Crippen LogP contribution in [0.4, 0.5) is 0 Å². The van der Waals surface area contributed by atoms with Crippen LogP contribution in [0.2, 0.25) is 0 Å². The van der Waals surface area contributed by atoms with Gasteiger partial charge in [0.1, 0.15) is 5.54 Å². The van der Waals surface area contributed by atoms with Gasteiger partial charge in [0.25, 0.3) is 0 Å². The third kappa shape index (κ3) is 2.41. The molecule has 0 unspecified atom stereocenters. The summed E-state index contributed by atoms with van der Waals surface area (Å²) in [6.07, 6.45) is 0.255. The molecule has 2 aromatic carbocycles. The molecule has 1 aliphatic heterocycles. The molecular weight excluding hydrogens is 342 g/mol. The second-order valence-corrected chi connectivity index (χ2v) is 6.25. The minimum Gasteiger partial charge on any atom is -0.369 e. The number of carbonyl (C=O) groups excluding carboxylic acids is 1. The zero-order valence-corrected chi connectivity index (χ0v) is 13.7. The fourth-order valence-corrected chi connectivity index (χ4v) is 3.13. The Balaban J connectivity index is 2.27. The van der Waals surface area contributed by atoms with Crippen LogP contribution in [0.3, 0.4) is 0 Å². The van der Waals surface area contributed by atoms with Gasteiger partial charge in [0.05, 0.1) is 6.42 Å². The summed E-state index contributed by atoms with van der Waals surface area (Å²) < 4.78 is 0.945. The molecule has 112 valence electrons. The lowest BCUT2D eigenvalue weighted by Crippen LogP contribution is -2.49. The molecule has 0 saturated carbocycles. The number of rotatable bonds is 2. The minimum absolute atomic E-state index is 0.0451. The van der Waals surface area contributed by atoms with Crippen LogP contribution in [-0.4, -0.2) is 23.8 Å². The molecule has 1 aliphatic rings. The van der Waals surface area contributed by atoms with Gasteiger partial charge in [-0.2, -0.15) is 0 Å². The van der Waals surface area contributed by atoms with Crippen LogP contribution in [0.25, 0.3) is 0 Å². The Morgan fingerprint density at radius 3 is 2.45 bits per heavy atom. The average molecular weight is 358 g/mol. The minimum atomic E-state index is -0.779. The quantitative estimate of drug-likeness (QED) is 0.898. The molecule has 5 heteroatoms. The first-order valence-corrected chi connectivity index (χ1v) is 7.76. The highest BCUT2D eigenvalue weighted by molar-refractivity contribution is 9.10. The molecule has 0 aromatic heterocycles. The smallest absolute Gasteiger partial charge is 0.232 e. The summed E-state index contributed by atoms with van der Waals surface area (Å²) in [4.78, 5) is 18.5. The van der Waals surface area contributed by atoms with Gasteiger partial charge in [0.15, 0.2) is 5.96 Å². The van der Waals surface area contributed by atoms with Crippen molar-refractivity contribution in [2.24, 2.45) is 10.7 Å². The van der Waals surface area contributed by atoms with Crippen molar-refractivity contribution in [3.63, 3.8) is 0 Å². The van der Waals surface area contributed by atoms with Crippen LogP contribution in [0, 0.1) is 0 Å². The number of carbonyl (C=O) groups is 1. The summed E-state index contributed by atoms with van der Waals surface area (Å²) in [6.45, 7) is 0. The highest BCUT2D eigenvalue weighted by atomic mass is 79.9. The fourth-order valence-electron chi connectivity index (χ4n) is 2.73. The van der Waals surface area contributed by atoms with E-state index >= 15 is 0 Å². The molecule has 2 aromatic rings. The second kappa shape index (κ2) is 5.57. The Morgan fingerprint density at radius 1 is 1.14 bits per heavy atom. The van der Waals surface area contributed by atoms with E-state index in [1.165, 1.54) is 4.90 Å². The Morgan fingerprint density at radius 2 is 1.82 bits per heavy atom. The Kier molecular flexibility index (Phi) is 3.74. The number of guanidine groups is 1. The molecule has 2 N–H and O–H groups in total. The van der Waals surface area contributed by atoms with E-state index in [1.54, 1.807) is 7.05 Å². The Hall–Kier alpha value is -2.14. The van der Waals surface area contributed by atoms with Gasteiger partial charge in [-0.25, -0.2) is 4.99 Å². The van der Waals surface area contributed by atoms with E-state index in [9.17, 15) is 4.79 Å². The van der Waals surface area contributed by atoms with E-state index in [1.807, 2.05) is 54.6 Å². The normalized spacial score (nSPS) is 21.6. The number of hydrogen-bond acceptors (Lipinski definition) is 3. The largest absolute Gasteiger partial charge is 0.369 e. The molecule has 0 aliphatic carbocycles. The average Bonchev–Trinajstić information content (AvgIpc) is 2.53. The maximum absolute atomic E-state index is 12.4. The van der Waals surface area contributed by atoms with E-state index in [0.717, 1.165) is 15.6 Å². The summed E-state index contributed by atoms with van der Waals surface area (Å²) in [6, 6.07) is 17.7. The van der Waals surface area contributed by atoms with Gasteiger partial charge in [-0.3, -0.25) is 9.69 Å². The molecule has 22 heavy (non-hydrogen) atoms. The SMILES string of the molecule is CN1C(=O)C[C@@](c2ccccc2)(c2cccc(Br)c2)N=C1N. The highest BCUT2D eigenvalue weighted by Gasteiger charge is 2.41. The summed E-state index contributed by atoms with van der Waals surface area (Å²) in [5, 5.41) is 0. The monoisotopic (exact) mass is 357 g/mol. The van der Waals surface area contributed by atoms with E-state index in [4.69, 9.17) is 10.7 Å². The summed E-state index contributed by atoms with van der Waals surface area (Å²) in [5.41, 5.74) is 7.12. The van der Waals surface area contributed by atoms with Crippen molar-refractivity contribution >= 4 is 27.8 Å². The van der Waals surface area contributed by atoms with Crippen molar-refractivity contribution in [2.75, 3.05) is 7.05 Å². The first-order valence-electron chi connectivity index (χ1n) is 6.96. The van der Waals surface area contributed by atoms with Crippen molar-refractivity contribution in [1.82, 2.24) is 4.90 Å². The van der Waals surface area contributed by atoms with Crippen molar-refractivity contribution in [3.05, 3.63) is 70.2 Å². The topological polar surface area (TPSA) is 58.7 Å². The number of halogens is 1. The number of aliphatic imine (C=N–C) groups is 1. The predicted molar refractivity (Wildman–Crippen MR) is 90.4 cm³/mol. The molecule has 1 amide bonds. The van der Waals surface area contributed by atoms with E-state index in [2.05, 4.69) is 15.9 Å². The Labute approximate surface area is 137 Å². The molecule has 0 fully saturated rings. The molecule has 0 radical (unpaired) electrons. The van der Waals surface area contributed by atoms with Gasteiger partial charge in [0.2, 0.25) is 5.91 Å². The molecule has 0 spiro atoms. The van der Waals surface area contributed by atoms with Crippen molar-refractivity contribution in [1.29, 1.82) is 0 Å².